The van der Waals surface area contributed by atoms with Crippen LogP contribution in [0.3, 0.4) is 0 Å². The molecule has 13 heteroatoms. The van der Waals surface area contributed by atoms with Crippen LogP contribution in [0, 0.1) is 19.3 Å². The molecule has 224 valence electrons. The number of phenolic OH excluding ortho intramolecular Hbond substituents is 1. The zero-order chi connectivity index (χ0) is 30.9. The van der Waals surface area contributed by atoms with Gasteiger partial charge in [0.2, 0.25) is 5.91 Å². The monoisotopic (exact) mass is 585 g/mol. The fourth-order valence-corrected chi connectivity index (χ4v) is 4.93. The second-order valence-corrected chi connectivity index (χ2v) is 10.7. The first-order valence-electron chi connectivity index (χ1n) is 12.7. The number of aryl methyl sites for hydroxylation is 1. The van der Waals surface area contributed by atoms with Crippen molar-refractivity contribution in [3.63, 3.8) is 0 Å². The van der Waals surface area contributed by atoms with Crippen molar-refractivity contribution in [2.75, 3.05) is 13.1 Å². The van der Waals surface area contributed by atoms with Crippen LogP contribution in [0.4, 0.5) is 22.0 Å². The molecule has 2 aromatic rings. The number of alkyl halides is 5. The Balaban J connectivity index is 1.97. The number of carbonyl (C=O) groups excluding carboxylic acids is 3. The van der Waals surface area contributed by atoms with Crippen molar-refractivity contribution in [2.45, 2.75) is 64.4 Å². The van der Waals surface area contributed by atoms with Crippen LogP contribution < -0.4 is 10.6 Å². The molecular weight excluding hydrogens is 553 g/mol. The van der Waals surface area contributed by atoms with Gasteiger partial charge in [0, 0.05) is 11.1 Å². The molecule has 0 spiro atoms. The Hall–Kier alpha value is -3.74. The van der Waals surface area contributed by atoms with Crippen LogP contribution in [0.1, 0.15) is 40.9 Å². The fourth-order valence-electron chi connectivity index (χ4n) is 4.93. The van der Waals surface area contributed by atoms with Crippen LogP contribution in [-0.4, -0.2) is 76.2 Å². The topological polar surface area (TPSA) is 119 Å². The molecule has 1 aliphatic rings. The molecular formula is C28H32F5N3O5. The van der Waals surface area contributed by atoms with E-state index in [0.29, 0.717) is 16.0 Å². The molecule has 1 saturated heterocycles. The van der Waals surface area contributed by atoms with Gasteiger partial charge in [-0.1, -0.05) is 50.2 Å². The SMILES string of the molecule is Cc1ccc(O)c(C)c1C(=O)N[C@@H](Cc1ccccc1)[C@H](O)C(=O)N1CC(F)(F)C(C)(C)[C@H]1C(=O)NCC(F)(F)F. The molecule has 0 aromatic heterocycles. The van der Waals surface area contributed by atoms with E-state index in [1.54, 1.807) is 42.6 Å². The summed E-state index contributed by atoms with van der Waals surface area (Å²) in [6, 6.07) is 7.73. The summed E-state index contributed by atoms with van der Waals surface area (Å²) in [4.78, 5) is 39.9. The number of nitrogens with zero attached hydrogens (tertiary/aromatic N) is 1. The minimum atomic E-state index is -4.83. The highest BCUT2D eigenvalue weighted by molar-refractivity contribution is 5.98. The Morgan fingerprint density at radius 2 is 1.68 bits per heavy atom. The highest BCUT2D eigenvalue weighted by Crippen LogP contribution is 2.48. The third-order valence-corrected chi connectivity index (χ3v) is 7.42. The maximum atomic E-state index is 15.0. The van der Waals surface area contributed by atoms with Crippen LogP contribution >= 0.6 is 0 Å². The maximum absolute atomic E-state index is 15.0. The summed E-state index contributed by atoms with van der Waals surface area (Å²) in [5.74, 6) is -7.47. The highest BCUT2D eigenvalue weighted by Gasteiger charge is 2.64. The average molecular weight is 586 g/mol. The van der Waals surface area contributed by atoms with Crippen molar-refractivity contribution in [3.05, 3.63) is 64.7 Å². The Morgan fingerprint density at radius 3 is 2.27 bits per heavy atom. The summed E-state index contributed by atoms with van der Waals surface area (Å²) in [6.45, 7) is 1.85. The van der Waals surface area contributed by atoms with Gasteiger partial charge in [0.05, 0.1) is 18.0 Å². The van der Waals surface area contributed by atoms with Crippen LogP contribution in [0.2, 0.25) is 0 Å². The molecule has 1 aliphatic heterocycles. The summed E-state index contributed by atoms with van der Waals surface area (Å²) in [6.07, 6.45) is -7.14. The number of aliphatic hydroxyl groups is 1. The van der Waals surface area contributed by atoms with Gasteiger partial charge in [-0.25, -0.2) is 8.78 Å². The zero-order valence-electron chi connectivity index (χ0n) is 22.9. The summed E-state index contributed by atoms with van der Waals surface area (Å²) in [5, 5.41) is 25.4. The fraction of sp³-hybridized carbons (Fsp3) is 0.464. The van der Waals surface area contributed by atoms with E-state index in [1.165, 1.54) is 19.1 Å². The number of phenols is 1. The molecule has 0 unspecified atom stereocenters. The lowest BCUT2D eigenvalue weighted by Gasteiger charge is -2.34. The molecule has 0 bridgehead atoms. The molecule has 41 heavy (non-hydrogen) atoms. The van der Waals surface area contributed by atoms with Crippen molar-refractivity contribution in [1.29, 1.82) is 0 Å². The molecule has 2 aromatic carbocycles. The molecule has 0 aliphatic carbocycles. The van der Waals surface area contributed by atoms with Crippen molar-refractivity contribution in [3.8, 4) is 5.75 Å². The van der Waals surface area contributed by atoms with Crippen LogP contribution in [-0.2, 0) is 16.0 Å². The number of aliphatic hydroxyl groups excluding tert-OH is 1. The van der Waals surface area contributed by atoms with Gasteiger partial charge in [0.25, 0.3) is 17.7 Å². The highest BCUT2D eigenvalue weighted by atomic mass is 19.4. The Morgan fingerprint density at radius 1 is 1.07 bits per heavy atom. The van der Waals surface area contributed by atoms with E-state index in [9.17, 15) is 37.8 Å². The molecule has 3 amide bonds. The van der Waals surface area contributed by atoms with Gasteiger partial charge in [-0.15, -0.1) is 0 Å². The number of likely N-dealkylation sites (tertiary alicyclic amines) is 1. The third-order valence-electron chi connectivity index (χ3n) is 7.42. The van der Waals surface area contributed by atoms with Crippen molar-refractivity contribution in [2.24, 2.45) is 5.41 Å². The molecule has 3 rings (SSSR count). The Kier molecular flexibility index (Phi) is 9.02. The van der Waals surface area contributed by atoms with Crippen molar-refractivity contribution < 1.29 is 46.5 Å². The molecule has 3 atom stereocenters. The minimum absolute atomic E-state index is 0.0703. The third kappa shape index (κ3) is 6.77. The van der Waals surface area contributed by atoms with E-state index in [2.05, 4.69) is 5.32 Å². The number of nitrogens with one attached hydrogen (secondary N) is 2. The molecule has 0 radical (unpaired) electrons. The van der Waals surface area contributed by atoms with Crippen molar-refractivity contribution >= 4 is 17.7 Å². The number of hydrogen-bond donors (Lipinski definition) is 4. The Labute approximate surface area is 233 Å². The normalized spacial score (nSPS) is 19.4. The predicted octanol–water partition coefficient (Wildman–Crippen LogP) is 3.26. The Bertz CT molecular complexity index is 1300. The van der Waals surface area contributed by atoms with E-state index in [0.717, 1.165) is 13.8 Å². The first-order valence-corrected chi connectivity index (χ1v) is 12.7. The number of amides is 3. The van der Waals surface area contributed by atoms with Crippen LogP contribution in [0.15, 0.2) is 42.5 Å². The summed E-state index contributed by atoms with van der Waals surface area (Å²) >= 11 is 0. The van der Waals surface area contributed by atoms with Gasteiger partial charge in [-0.05, 0) is 37.5 Å². The van der Waals surface area contributed by atoms with Gasteiger partial charge < -0.3 is 25.7 Å². The number of carbonyl (C=O) groups is 3. The lowest BCUT2D eigenvalue weighted by Crippen LogP contribution is -2.58. The molecule has 8 nitrogen and oxygen atoms in total. The number of halogens is 5. The van der Waals surface area contributed by atoms with Crippen LogP contribution in [0.5, 0.6) is 5.75 Å². The van der Waals surface area contributed by atoms with Crippen LogP contribution in [0.25, 0.3) is 0 Å². The zero-order valence-corrected chi connectivity index (χ0v) is 22.9. The second kappa shape index (κ2) is 11.6. The van der Waals surface area contributed by atoms with E-state index in [4.69, 9.17) is 0 Å². The summed E-state index contributed by atoms with van der Waals surface area (Å²) < 4.78 is 68.3. The quantitative estimate of drug-likeness (QED) is 0.355. The lowest BCUT2D eigenvalue weighted by atomic mass is 9.81. The number of benzene rings is 2. The molecule has 1 heterocycles. The predicted molar refractivity (Wildman–Crippen MR) is 138 cm³/mol. The summed E-state index contributed by atoms with van der Waals surface area (Å²) in [5.41, 5.74) is -0.962. The van der Waals surface area contributed by atoms with Gasteiger partial charge in [0.1, 0.15) is 18.3 Å². The smallest absolute Gasteiger partial charge is 0.405 e. The largest absolute Gasteiger partial charge is 0.508 e. The lowest BCUT2D eigenvalue weighted by molar-refractivity contribution is -0.151. The van der Waals surface area contributed by atoms with E-state index < -0.39 is 66.5 Å². The van der Waals surface area contributed by atoms with Gasteiger partial charge >= 0.3 is 6.18 Å². The number of aromatic hydroxyl groups is 1. The average Bonchev–Trinajstić information content (AvgIpc) is 3.07. The van der Waals surface area contributed by atoms with Crippen molar-refractivity contribution in [1.82, 2.24) is 15.5 Å². The first kappa shape index (κ1) is 31.8. The maximum Gasteiger partial charge on any atom is 0.405 e. The van der Waals surface area contributed by atoms with Gasteiger partial charge in [0.15, 0.2) is 6.10 Å². The number of hydrogen-bond acceptors (Lipinski definition) is 5. The minimum Gasteiger partial charge on any atom is -0.508 e. The van der Waals surface area contributed by atoms with Gasteiger partial charge in [-0.3, -0.25) is 14.4 Å². The molecule has 4 N–H and O–H groups in total. The van der Waals surface area contributed by atoms with E-state index >= 15 is 8.78 Å². The first-order chi connectivity index (χ1) is 18.9. The summed E-state index contributed by atoms with van der Waals surface area (Å²) in [7, 11) is 0. The molecule has 0 saturated carbocycles. The standard InChI is InChI=1S/C28H32F5N3O5/c1-15-10-11-19(37)16(2)20(15)23(39)35-18(12-17-8-6-5-7-9-17)21(38)25(41)36-14-27(29,30)26(3,4)22(36)24(40)34-13-28(31,32)33/h5-11,18,21-22,37-38H,12-14H2,1-4H3,(H,34,40)(H,35,39)/t18-,21-,22+/m0/s1. The van der Waals surface area contributed by atoms with Gasteiger partial charge in [-0.2, -0.15) is 13.2 Å². The second-order valence-electron chi connectivity index (χ2n) is 10.7. The van der Waals surface area contributed by atoms with E-state index in [1.807, 2.05) is 0 Å². The molecule has 1 fully saturated rings. The number of rotatable bonds is 8. The van der Waals surface area contributed by atoms with E-state index in [-0.39, 0.29) is 23.3 Å².